The number of amides is 1. The van der Waals surface area contributed by atoms with E-state index >= 15 is 0 Å². The summed E-state index contributed by atoms with van der Waals surface area (Å²) in [6.07, 6.45) is 1.52. The maximum absolute atomic E-state index is 11.9. The van der Waals surface area contributed by atoms with Crippen LogP contribution in [0, 0.1) is 0 Å². The highest BCUT2D eigenvalue weighted by molar-refractivity contribution is 7.07. The van der Waals surface area contributed by atoms with Crippen LogP contribution in [-0.4, -0.2) is 36.5 Å². The monoisotopic (exact) mass is 274 g/mol. The Morgan fingerprint density at radius 1 is 1.65 bits per heavy atom. The first-order valence-electron chi connectivity index (χ1n) is 5.78. The van der Waals surface area contributed by atoms with Crippen LogP contribution in [0.15, 0.2) is 16.8 Å². The lowest BCUT2D eigenvalue weighted by atomic mass is 10.1. The van der Waals surface area contributed by atoms with E-state index < -0.39 is 0 Å². The summed E-state index contributed by atoms with van der Waals surface area (Å²) in [5.41, 5.74) is 1.28. The number of carbonyl (C=O) groups excluding carboxylic acids is 1. The zero-order chi connectivity index (χ0) is 11.4. The Labute approximate surface area is 113 Å². The second-order valence-corrected chi connectivity index (χ2v) is 5.11. The Morgan fingerprint density at radius 3 is 3.12 bits per heavy atom. The van der Waals surface area contributed by atoms with Gasteiger partial charge in [0.2, 0.25) is 5.91 Å². The zero-order valence-corrected chi connectivity index (χ0v) is 11.6. The number of carbonyl (C=O) groups is 1. The van der Waals surface area contributed by atoms with Gasteiger partial charge in [0, 0.05) is 32.1 Å². The average Bonchev–Trinajstić information content (AvgIpc) is 2.78. The molecule has 2 rings (SSSR count). The van der Waals surface area contributed by atoms with E-state index in [2.05, 4.69) is 29.1 Å². The maximum Gasteiger partial charge on any atom is 0.222 e. The predicted molar refractivity (Wildman–Crippen MR) is 73.9 cm³/mol. The van der Waals surface area contributed by atoms with Gasteiger partial charge in [0.15, 0.2) is 0 Å². The van der Waals surface area contributed by atoms with Crippen LogP contribution in [0.1, 0.15) is 18.9 Å². The molecule has 1 aliphatic rings. The summed E-state index contributed by atoms with van der Waals surface area (Å²) in [6.45, 7) is 4.75. The molecule has 3 nitrogen and oxygen atoms in total. The van der Waals surface area contributed by atoms with E-state index in [0.29, 0.717) is 18.4 Å². The normalized spacial score (nSPS) is 19.8. The number of rotatable bonds is 3. The largest absolute Gasteiger partial charge is 0.340 e. The summed E-state index contributed by atoms with van der Waals surface area (Å²) in [5, 5.41) is 7.53. The van der Waals surface area contributed by atoms with Crippen LogP contribution in [0.2, 0.25) is 0 Å². The van der Waals surface area contributed by atoms with Gasteiger partial charge in [0.25, 0.3) is 0 Å². The van der Waals surface area contributed by atoms with E-state index in [-0.39, 0.29) is 12.4 Å². The summed E-state index contributed by atoms with van der Waals surface area (Å²) < 4.78 is 0. The molecule has 1 aliphatic heterocycles. The number of hydrogen-bond acceptors (Lipinski definition) is 3. The molecular formula is C12H19ClN2OS. The summed E-state index contributed by atoms with van der Waals surface area (Å²) in [6, 6.07) is 2.53. The SMILES string of the molecule is CC1CN(C(=O)CCc2ccsc2)CCN1.Cl. The topological polar surface area (TPSA) is 32.3 Å². The van der Waals surface area contributed by atoms with Gasteiger partial charge < -0.3 is 10.2 Å². The van der Waals surface area contributed by atoms with Crippen molar-refractivity contribution in [3.8, 4) is 0 Å². The molecule has 1 amide bonds. The summed E-state index contributed by atoms with van der Waals surface area (Å²) in [4.78, 5) is 13.9. The fraction of sp³-hybridized carbons (Fsp3) is 0.583. The van der Waals surface area contributed by atoms with E-state index in [1.54, 1.807) is 11.3 Å². The van der Waals surface area contributed by atoms with Gasteiger partial charge in [-0.15, -0.1) is 12.4 Å². The third-order valence-electron chi connectivity index (χ3n) is 2.93. The Kier molecular flexibility index (Phi) is 5.95. The third-order valence-corrected chi connectivity index (χ3v) is 3.66. The molecule has 0 radical (unpaired) electrons. The quantitative estimate of drug-likeness (QED) is 0.913. The number of piperazine rings is 1. The predicted octanol–water partition coefficient (Wildman–Crippen LogP) is 1.92. The van der Waals surface area contributed by atoms with Crippen LogP contribution in [0.25, 0.3) is 0 Å². The number of aryl methyl sites for hydroxylation is 1. The van der Waals surface area contributed by atoms with Crippen LogP contribution in [0.3, 0.4) is 0 Å². The maximum atomic E-state index is 11.9. The molecule has 1 atom stereocenters. The van der Waals surface area contributed by atoms with E-state index in [1.807, 2.05) is 4.90 Å². The van der Waals surface area contributed by atoms with Crippen LogP contribution >= 0.6 is 23.7 Å². The second kappa shape index (κ2) is 6.99. The highest BCUT2D eigenvalue weighted by Gasteiger charge is 2.19. The van der Waals surface area contributed by atoms with Crippen molar-refractivity contribution in [1.82, 2.24) is 10.2 Å². The number of nitrogens with one attached hydrogen (secondary N) is 1. The molecule has 1 saturated heterocycles. The molecule has 2 heterocycles. The second-order valence-electron chi connectivity index (χ2n) is 4.33. The van der Waals surface area contributed by atoms with Gasteiger partial charge in [0.1, 0.15) is 0 Å². The lowest BCUT2D eigenvalue weighted by Gasteiger charge is -2.32. The molecule has 0 aliphatic carbocycles. The van der Waals surface area contributed by atoms with Crippen molar-refractivity contribution in [3.63, 3.8) is 0 Å². The molecule has 5 heteroatoms. The van der Waals surface area contributed by atoms with Gasteiger partial charge in [-0.2, -0.15) is 11.3 Å². The standard InChI is InChI=1S/C12H18N2OS.ClH/c1-10-8-14(6-5-13-10)12(15)3-2-11-4-7-16-9-11;/h4,7,9-10,13H,2-3,5-6,8H2,1H3;1H. The summed E-state index contributed by atoms with van der Waals surface area (Å²) in [5.74, 6) is 0.291. The van der Waals surface area contributed by atoms with Crippen LogP contribution in [0.5, 0.6) is 0 Å². The minimum absolute atomic E-state index is 0. The molecule has 1 N–H and O–H groups in total. The van der Waals surface area contributed by atoms with Gasteiger partial charge >= 0.3 is 0 Å². The first-order valence-corrected chi connectivity index (χ1v) is 6.72. The molecule has 0 spiro atoms. The van der Waals surface area contributed by atoms with Crippen molar-refractivity contribution in [2.24, 2.45) is 0 Å². The van der Waals surface area contributed by atoms with Crippen LogP contribution in [-0.2, 0) is 11.2 Å². The van der Waals surface area contributed by atoms with Gasteiger partial charge in [-0.1, -0.05) is 0 Å². The highest BCUT2D eigenvalue weighted by Crippen LogP contribution is 2.10. The van der Waals surface area contributed by atoms with Gasteiger partial charge in [-0.25, -0.2) is 0 Å². The van der Waals surface area contributed by atoms with Crippen molar-refractivity contribution in [2.45, 2.75) is 25.8 Å². The fourth-order valence-electron chi connectivity index (χ4n) is 2.00. The lowest BCUT2D eigenvalue weighted by Crippen LogP contribution is -2.51. The molecule has 1 aromatic rings. The minimum Gasteiger partial charge on any atom is -0.340 e. The number of thiophene rings is 1. The Morgan fingerprint density at radius 2 is 2.47 bits per heavy atom. The van der Waals surface area contributed by atoms with Gasteiger partial charge in [-0.3, -0.25) is 4.79 Å². The van der Waals surface area contributed by atoms with Gasteiger partial charge in [0.05, 0.1) is 0 Å². The summed E-state index contributed by atoms with van der Waals surface area (Å²) in [7, 11) is 0. The van der Waals surface area contributed by atoms with E-state index in [0.717, 1.165) is 26.1 Å². The molecule has 1 fully saturated rings. The minimum atomic E-state index is 0. The average molecular weight is 275 g/mol. The molecule has 17 heavy (non-hydrogen) atoms. The Balaban J connectivity index is 0.00000144. The highest BCUT2D eigenvalue weighted by atomic mass is 35.5. The van der Waals surface area contributed by atoms with Crippen molar-refractivity contribution < 1.29 is 4.79 Å². The molecule has 0 saturated carbocycles. The molecular weight excluding hydrogens is 256 g/mol. The van der Waals surface area contributed by atoms with E-state index in [4.69, 9.17) is 0 Å². The number of nitrogens with zero attached hydrogens (tertiary/aromatic N) is 1. The Bertz CT molecular complexity index is 342. The molecule has 1 unspecified atom stereocenters. The fourth-order valence-corrected chi connectivity index (χ4v) is 2.71. The zero-order valence-electron chi connectivity index (χ0n) is 10.0. The molecule has 0 aromatic carbocycles. The smallest absolute Gasteiger partial charge is 0.222 e. The first kappa shape index (κ1) is 14.5. The molecule has 1 aromatic heterocycles. The molecule has 0 bridgehead atoms. The lowest BCUT2D eigenvalue weighted by molar-refractivity contribution is -0.132. The third kappa shape index (κ3) is 4.30. The molecule has 96 valence electrons. The van der Waals surface area contributed by atoms with Crippen molar-refractivity contribution >= 4 is 29.7 Å². The van der Waals surface area contributed by atoms with Crippen molar-refractivity contribution in [2.75, 3.05) is 19.6 Å². The number of hydrogen-bond donors (Lipinski definition) is 1. The van der Waals surface area contributed by atoms with Crippen LogP contribution < -0.4 is 5.32 Å². The van der Waals surface area contributed by atoms with Crippen LogP contribution in [0.4, 0.5) is 0 Å². The first-order chi connectivity index (χ1) is 7.75. The van der Waals surface area contributed by atoms with Crippen molar-refractivity contribution in [1.29, 1.82) is 0 Å². The van der Waals surface area contributed by atoms with Crippen molar-refractivity contribution in [3.05, 3.63) is 22.4 Å². The van der Waals surface area contributed by atoms with E-state index in [9.17, 15) is 4.79 Å². The van der Waals surface area contributed by atoms with E-state index in [1.165, 1.54) is 5.56 Å². The Hall–Kier alpha value is -0.580. The van der Waals surface area contributed by atoms with Gasteiger partial charge in [-0.05, 0) is 35.7 Å². The summed E-state index contributed by atoms with van der Waals surface area (Å²) >= 11 is 1.69. The number of halogens is 1.